The molecule has 0 aliphatic carbocycles. The van der Waals surface area contributed by atoms with Gasteiger partial charge in [0.05, 0.1) is 6.42 Å². The third-order valence-electron chi connectivity index (χ3n) is 3.97. The summed E-state index contributed by atoms with van der Waals surface area (Å²) in [4.78, 5) is 18.2. The third kappa shape index (κ3) is 4.07. The lowest BCUT2D eigenvalue weighted by atomic mass is 10.0. The molecule has 3 heteroatoms. The lowest BCUT2D eigenvalue weighted by Crippen LogP contribution is -2.27. The van der Waals surface area contributed by atoms with Crippen molar-refractivity contribution in [1.82, 2.24) is 9.88 Å². The van der Waals surface area contributed by atoms with Crippen LogP contribution in [0.4, 0.5) is 0 Å². The average Bonchev–Trinajstić information content (AvgIpc) is 2.64. The second-order valence-corrected chi connectivity index (χ2v) is 5.81. The van der Waals surface area contributed by atoms with E-state index in [0.717, 1.165) is 11.3 Å². The number of amides is 1. The Morgan fingerprint density at radius 2 is 1.54 bits per heavy atom. The van der Waals surface area contributed by atoms with Gasteiger partial charge in [-0.05, 0) is 28.8 Å². The largest absolute Gasteiger partial charge is 0.341 e. The first-order valence-electron chi connectivity index (χ1n) is 8.00. The van der Waals surface area contributed by atoms with E-state index >= 15 is 0 Å². The van der Waals surface area contributed by atoms with E-state index in [0.29, 0.717) is 13.0 Å². The molecule has 0 saturated heterocycles. The molecule has 120 valence electrons. The Bertz CT molecular complexity index is 783. The van der Waals surface area contributed by atoms with Crippen LogP contribution < -0.4 is 0 Å². The highest BCUT2D eigenvalue weighted by Gasteiger charge is 2.11. The number of carbonyl (C=O) groups excluding carboxylic acids is 1. The van der Waals surface area contributed by atoms with Crippen molar-refractivity contribution < 1.29 is 4.79 Å². The molecule has 1 aromatic heterocycles. The van der Waals surface area contributed by atoms with Crippen LogP contribution in [0.5, 0.6) is 0 Å². The Balaban J connectivity index is 1.62. The van der Waals surface area contributed by atoms with E-state index in [9.17, 15) is 4.79 Å². The maximum absolute atomic E-state index is 12.3. The lowest BCUT2D eigenvalue weighted by molar-refractivity contribution is -0.129. The number of hydrogen-bond acceptors (Lipinski definition) is 2. The maximum Gasteiger partial charge on any atom is 0.228 e. The highest BCUT2D eigenvalue weighted by molar-refractivity contribution is 5.78. The van der Waals surface area contributed by atoms with E-state index in [4.69, 9.17) is 0 Å². The number of carbonyl (C=O) groups is 1. The summed E-state index contributed by atoms with van der Waals surface area (Å²) in [5, 5.41) is 0. The van der Waals surface area contributed by atoms with Crippen LogP contribution in [0.1, 0.15) is 11.3 Å². The SMILES string of the molecule is CN(Cc1ccc(-c2ccccc2)cc1)C(=O)Cc1ccccn1. The van der Waals surface area contributed by atoms with E-state index in [2.05, 4.69) is 41.4 Å². The zero-order chi connectivity index (χ0) is 16.8. The number of likely N-dealkylation sites (N-methyl/N-ethyl adjacent to an activating group) is 1. The van der Waals surface area contributed by atoms with Gasteiger partial charge in [0.15, 0.2) is 0 Å². The summed E-state index contributed by atoms with van der Waals surface area (Å²) < 4.78 is 0. The number of aromatic nitrogens is 1. The van der Waals surface area contributed by atoms with E-state index in [1.165, 1.54) is 11.1 Å². The van der Waals surface area contributed by atoms with E-state index in [1.54, 1.807) is 11.1 Å². The summed E-state index contributed by atoms with van der Waals surface area (Å²) >= 11 is 0. The van der Waals surface area contributed by atoms with Gasteiger partial charge in [0.25, 0.3) is 0 Å². The Hall–Kier alpha value is -2.94. The molecule has 3 nitrogen and oxygen atoms in total. The molecule has 0 fully saturated rings. The fourth-order valence-electron chi connectivity index (χ4n) is 2.59. The van der Waals surface area contributed by atoms with Crippen molar-refractivity contribution >= 4 is 5.91 Å². The van der Waals surface area contributed by atoms with Gasteiger partial charge in [0, 0.05) is 25.5 Å². The van der Waals surface area contributed by atoms with Crippen molar-refractivity contribution in [2.75, 3.05) is 7.05 Å². The van der Waals surface area contributed by atoms with Crippen molar-refractivity contribution in [2.45, 2.75) is 13.0 Å². The van der Waals surface area contributed by atoms with Gasteiger partial charge in [-0.15, -0.1) is 0 Å². The predicted molar refractivity (Wildman–Crippen MR) is 96.3 cm³/mol. The molecular weight excluding hydrogens is 296 g/mol. The smallest absolute Gasteiger partial charge is 0.228 e. The third-order valence-corrected chi connectivity index (χ3v) is 3.97. The van der Waals surface area contributed by atoms with Crippen LogP contribution in [-0.2, 0) is 17.8 Å². The highest BCUT2D eigenvalue weighted by atomic mass is 16.2. The molecule has 3 aromatic rings. The maximum atomic E-state index is 12.3. The summed E-state index contributed by atoms with van der Waals surface area (Å²) in [6.07, 6.45) is 2.05. The predicted octanol–water partition coefficient (Wildman–Crippen LogP) is 3.95. The summed E-state index contributed by atoms with van der Waals surface area (Å²) in [7, 11) is 1.83. The van der Waals surface area contributed by atoms with Crippen molar-refractivity contribution in [2.24, 2.45) is 0 Å². The summed E-state index contributed by atoms with van der Waals surface area (Å²) in [6, 6.07) is 24.3. The molecular formula is C21H20N2O. The number of nitrogens with zero attached hydrogens (tertiary/aromatic N) is 2. The first-order valence-corrected chi connectivity index (χ1v) is 8.00. The quantitative estimate of drug-likeness (QED) is 0.714. The molecule has 0 radical (unpaired) electrons. The van der Waals surface area contributed by atoms with Gasteiger partial charge in [-0.3, -0.25) is 9.78 Å². The molecule has 0 atom stereocenters. The normalized spacial score (nSPS) is 10.4. The van der Waals surface area contributed by atoms with Gasteiger partial charge in [-0.1, -0.05) is 60.7 Å². The fraction of sp³-hybridized carbons (Fsp3) is 0.143. The van der Waals surface area contributed by atoms with Gasteiger partial charge < -0.3 is 4.90 Å². The Labute approximate surface area is 142 Å². The first-order chi connectivity index (χ1) is 11.7. The van der Waals surface area contributed by atoms with Gasteiger partial charge in [0.1, 0.15) is 0 Å². The van der Waals surface area contributed by atoms with Crippen LogP contribution in [0.25, 0.3) is 11.1 Å². The molecule has 24 heavy (non-hydrogen) atoms. The summed E-state index contributed by atoms with van der Waals surface area (Å²) in [5.74, 6) is 0.0702. The monoisotopic (exact) mass is 316 g/mol. The van der Waals surface area contributed by atoms with Crippen LogP contribution in [-0.4, -0.2) is 22.8 Å². The lowest BCUT2D eigenvalue weighted by Gasteiger charge is -2.17. The van der Waals surface area contributed by atoms with E-state index in [1.807, 2.05) is 43.4 Å². The second kappa shape index (κ2) is 7.55. The number of pyridine rings is 1. The Morgan fingerprint density at radius 1 is 0.875 bits per heavy atom. The van der Waals surface area contributed by atoms with Crippen LogP contribution in [0, 0.1) is 0 Å². The molecule has 0 aliphatic heterocycles. The molecule has 0 spiro atoms. The van der Waals surface area contributed by atoms with Crippen LogP contribution in [0.2, 0.25) is 0 Å². The molecule has 0 unspecified atom stereocenters. The molecule has 0 saturated carbocycles. The van der Waals surface area contributed by atoms with Crippen LogP contribution >= 0.6 is 0 Å². The van der Waals surface area contributed by atoms with Crippen molar-refractivity contribution in [3.63, 3.8) is 0 Å². The van der Waals surface area contributed by atoms with Crippen molar-refractivity contribution in [1.29, 1.82) is 0 Å². The molecule has 0 N–H and O–H groups in total. The zero-order valence-corrected chi connectivity index (χ0v) is 13.7. The highest BCUT2D eigenvalue weighted by Crippen LogP contribution is 2.19. The topological polar surface area (TPSA) is 33.2 Å². The summed E-state index contributed by atoms with van der Waals surface area (Å²) in [6.45, 7) is 0.598. The van der Waals surface area contributed by atoms with Gasteiger partial charge >= 0.3 is 0 Å². The van der Waals surface area contributed by atoms with E-state index < -0.39 is 0 Å². The van der Waals surface area contributed by atoms with E-state index in [-0.39, 0.29) is 5.91 Å². The van der Waals surface area contributed by atoms with Gasteiger partial charge in [-0.25, -0.2) is 0 Å². The summed E-state index contributed by atoms with van der Waals surface area (Å²) in [5.41, 5.74) is 4.30. The number of rotatable bonds is 5. The first kappa shape index (κ1) is 15.9. The molecule has 2 aromatic carbocycles. The molecule has 3 rings (SSSR count). The minimum atomic E-state index is 0.0702. The Kier molecular flexibility index (Phi) is 5.02. The van der Waals surface area contributed by atoms with Gasteiger partial charge in [-0.2, -0.15) is 0 Å². The van der Waals surface area contributed by atoms with Crippen LogP contribution in [0.3, 0.4) is 0 Å². The van der Waals surface area contributed by atoms with Crippen molar-refractivity contribution in [3.8, 4) is 11.1 Å². The molecule has 1 heterocycles. The molecule has 1 amide bonds. The standard InChI is InChI=1S/C21H20N2O/c1-23(21(24)15-20-9-5-6-14-22-20)16-17-10-12-19(13-11-17)18-7-3-2-4-8-18/h2-14H,15-16H2,1H3. The average molecular weight is 316 g/mol. The fourth-order valence-corrected chi connectivity index (χ4v) is 2.59. The number of hydrogen-bond donors (Lipinski definition) is 0. The molecule has 0 bridgehead atoms. The minimum absolute atomic E-state index is 0.0702. The minimum Gasteiger partial charge on any atom is -0.341 e. The number of benzene rings is 2. The van der Waals surface area contributed by atoms with Crippen molar-refractivity contribution in [3.05, 3.63) is 90.3 Å². The van der Waals surface area contributed by atoms with Gasteiger partial charge in [0.2, 0.25) is 5.91 Å². The zero-order valence-electron chi connectivity index (χ0n) is 13.7. The second-order valence-electron chi connectivity index (χ2n) is 5.81. The molecule has 0 aliphatic rings. The Morgan fingerprint density at radius 3 is 2.21 bits per heavy atom. The van der Waals surface area contributed by atoms with Crippen LogP contribution in [0.15, 0.2) is 79.0 Å².